The summed E-state index contributed by atoms with van der Waals surface area (Å²) in [5, 5.41) is 2.73. The largest absolute Gasteiger partial charge is 0.481 e. The molecular formula is C25H25N5O11P2. The zero-order valence-electron chi connectivity index (χ0n) is 22.0. The Labute approximate surface area is 243 Å². The van der Waals surface area contributed by atoms with Gasteiger partial charge in [-0.1, -0.05) is 48.5 Å². The minimum absolute atomic E-state index is 0.161. The number of hydrogen-bond donors (Lipinski definition) is 4. The highest BCUT2D eigenvalue weighted by atomic mass is 31.3. The van der Waals surface area contributed by atoms with E-state index in [-0.39, 0.29) is 17.0 Å². The SMILES string of the molecule is O=C(Nc1ncnc2c1ncn2[C@@H]1O[C@H](COP(=O)(O)OP(=O)(O)O)[C@H]2O[C@@H](Cc3ccccc3)O[C@H]21)c1ccccc1. The standard InChI is InChI=1S/C25H25N5O11P2/c31-24(16-9-5-2-6-10-16)29-22-19-23(27-13-26-22)30(14-28-19)25-21-20(39-18(40-21)11-15-7-3-1-4-8-15)17(38-25)12-37-43(35,36)41-42(32,33)34/h1-10,13-14,17-18,20-21,25H,11-12H2,(H,35,36)(H2,32,33,34)(H,26,27,29,31)/t17-,18-,20-,21-,25-/m1/s1. The topological polar surface area (TPSA) is 214 Å². The maximum atomic E-state index is 12.8. The second kappa shape index (κ2) is 11.9. The molecule has 43 heavy (non-hydrogen) atoms. The number of carbonyl (C=O) groups is 1. The molecule has 0 aliphatic carbocycles. The number of hydrogen-bond acceptors (Lipinski definition) is 11. The van der Waals surface area contributed by atoms with Gasteiger partial charge in [0.15, 0.2) is 29.5 Å². The molecule has 4 aromatic rings. The Hall–Kier alpha value is -3.40. The lowest BCUT2D eigenvalue weighted by atomic mass is 10.1. The molecular weight excluding hydrogens is 608 g/mol. The number of phosphoric ester groups is 1. The van der Waals surface area contributed by atoms with E-state index in [9.17, 15) is 18.8 Å². The number of ether oxygens (including phenoxy) is 3. The first-order valence-corrected chi connectivity index (χ1v) is 15.9. The summed E-state index contributed by atoms with van der Waals surface area (Å²) in [4.78, 5) is 53.3. The molecule has 2 aromatic heterocycles. The van der Waals surface area contributed by atoms with Crippen LogP contribution in [0.3, 0.4) is 0 Å². The van der Waals surface area contributed by atoms with Crippen LogP contribution in [0.15, 0.2) is 73.3 Å². The lowest BCUT2D eigenvalue weighted by molar-refractivity contribution is -0.149. The average Bonchev–Trinajstić information content (AvgIpc) is 3.66. The van der Waals surface area contributed by atoms with Crippen molar-refractivity contribution >= 4 is 38.5 Å². The molecule has 16 nitrogen and oxygen atoms in total. The van der Waals surface area contributed by atoms with E-state index in [0.29, 0.717) is 12.0 Å². The highest BCUT2D eigenvalue weighted by Crippen LogP contribution is 2.58. The van der Waals surface area contributed by atoms with Crippen LogP contribution >= 0.6 is 15.6 Å². The third-order valence-corrected chi connectivity index (χ3v) is 8.81. The number of carbonyl (C=O) groups excluding carboxylic acids is 1. The van der Waals surface area contributed by atoms with Crippen LogP contribution < -0.4 is 5.32 Å². The Morgan fingerprint density at radius 3 is 2.35 bits per heavy atom. The number of anilines is 1. The predicted octanol–water partition coefficient (Wildman–Crippen LogP) is 2.56. The van der Waals surface area contributed by atoms with Crippen LogP contribution in [0.1, 0.15) is 22.1 Å². The molecule has 0 radical (unpaired) electrons. The van der Waals surface area contributed by atoms with E-state index in [2.05, 4.69) is 24.6 Å². The molecule has 2 fully saturated rings. The summed E-state index contributed by atoms with van der Waals surface area (Å²) in [6.07, 6.45) is -1.24. The number of amides is 1. The summed E-state index contributed by atoms with van der Waals surface area (Å²) in [5.74, 6) is -0.236. The average molecular weight is 633 g/mol. The van der Waals surface area contributed by atoms with Gasteiger partial charge in [-0.3, -0.25) is 13.9 Å². The first kappa shape index (κ1) is 29.7. The van der Waals surface area contributed by atoms with Gasteiger partial charge in [0.1, 0.15) is 24.6 Å². The third-order valence-electron chi connectivity index (χ3n) is 6.66. The normalized spacial score (nSPS) is 25.0. The quantitative estimate of drug-likeness (QED) is 0.185. The van der Waals surface area contributed by atoms with Gasteiger partial charge in [-0.05, 0) is 17.7 Å². The number of fused-ring (bicyclic) bond motifs is 2. The molecule has 4 heterocycles. The molecule has 4 N–H and O–H groups in total. The Morgan fingerprint density at radius 1 is 0.930 bits per heavy atom. The molecule has 0 spiro atoms. The van der Waals surface area contributed by atoms with Gasteiger partial charge in [-0.2, -0.15) is 4.31 Å². The zero-order valence-corrected chi connectivity index (χ0v) is 23.8. The van der Waals surface area contributed by atoms with Crippen molar-refractivity contribution in [2.45, 2.75) is 37.3 Å². The lowest BCUT2D eigenvalue weighted by Gasteiger charge is -2.22. The number of nitrogens with one attached hydrogen (secondary N) is 1. The van der Waals surface area contributed by atoms with Gasteiger partial charge < -0.3 is 34.2 Å². The second-order valence-electron chi connectivity index (χ2n) is 9.59. The number of aromatic nitrogens is 4. The van der Waals surface area contributed by atoms with E-state index < -0.39 is 59.0 Å². The molecule has 6 atom stereocenters. The predicted molar refractivity (Wildman–Crippen MR) is 146 cm³/mol. The summed E-state index contributed by atoms with van der Waals surface area (Å²) in [6.45, 7) is -0.632. The number of rotatable bonds is 10. The number of phosphoric acid groups is 2. The van der Waals surface area contributed by atoms with Crippen molar-refractivity contribution in [3.05, 3.63) is 84.4 Å². The summed E-state index contributed by atoms with van der Waals surface area (Å²) < 4.78 is 51.9. The third kappa shape index (κ3) is 6.74. The van der Waals surface area contributed by atoms with Gasteiger partial charge in [0.25, 0.3) is 5.91 Å². The van der Waals surface area contributed by atoms with Gasteiger partial charge in [-0.15, -0.1) is 0 Å². The van der Waals surface area contributed by atoms with Gasteiger partial charge in [0.2, 0.25) is 0 Å². The number of nitrogens with zero attached hydrogens (tertiary/aromatic N) is 4. The molecule has 0 saturated carbocycles. The summed E-state index contributed by atoms with van der Waals surface area (Å²) >= 11 is 0. The van der Waals surface area contributed by atoms with Gasteiger partial charge in [0.05, 0.1) is 12.9 Å². The van der Waals surface area contributed by atoms with Crippen LogP contribution in [-0.4, -0.2) is 71.3 Å². The molecule has 1 amide bonds. The molecule has 6 rings (SSSR count). The molecule has 2 aliphatic rings. The number of imidazole rings is 1. The van der Waals surface area contributed by atoms with E-state index in [0.717, 1.165) is 5.56 Å². The molecule has 226 valence electrons. The summed E-state index contributed by atoms with van der Waals surface area (Å²) in [6, 6.07) is 18.0. The van der Waals surface area contributed by atoms with Crippen molar-refractivity contribution < 1.29 is 51.6 Å². The second-order valence-corrected chi connectivity index (χ2v) is 12.4. The van der Waals surface area contributed by atoms with Gasteiger partial charge >= 0.3 is 15.6 Å². The minimum Gasteiger partial charge on any atom is -0.347 e. The highest BCUT2D eigenvalue weighted by molar-refractivity contribution is 7.60. The van der Waals surface area contributed by atoms with Crippen molar-refractivity contribution in [1.29, 1.82) is 0 Å². The van der Waals surface area contributed by atoms with Crippen LogP contribution in [0.5, 0.6) is 0 Å². The number of benzene rings is 2. The van der Waals surface area contributed by atoms with Crippen LogP contribution in [0, 0.1) is 0 Å². The Balaban J connectivity index is 1.26. The Bertz CT molecular complexity index is 1700. The molecule has 2 aromatic carbocycles. The van der Waals surface area contributed by atoms with Gasteiger partial charge in [0, 0.05) is 12.0 Å². The van der Waals surface area contributed by atoms with E-state index in [4.69, 9.17) is 28.5 Å². The maximum absolute atomic E-state index is 12.8. The van der Waals surface area contributed by atoms with Crippen molar-refractivity contribution in [3.63, 3.8) is 0 Å². The highest BCUT2D eigenvalue weighted by Gasteiger charge is 2.54. The molecule has 0 bridgehead atoms. The van der Waals surface area contributed by atoms with E-state index >= 15 is 0 Å². The van der Waals surface area contributed by atoms with Crippen LogP contribution in [0.25, 0.3) is 11.2 Å². The van der Waals surface area contributed by atoms with Crippen LogP contribution in [0.2, 0.25) is 0 Å². The lowest BCUT2D eigenvalue weighted by Crippen LogP contribution is -2.31. The molecule has 18 heteroatoms. The van der Waals surface area contributed by atoms with Crippen molar-refractivity contribution in [2.24, 2.45) is 0 Å². The monoisotopic (exact) mass is 633 g/mol. The Kier molecular flexibility index (Phi) is 8.24. The van der Waals surface area contributed by atoms with Crippen LogP contribution in [-0.2, 0) is 38.6 Å². The van der Waals surface area contributed by atoms with Crippen molar-refractivity contribution in [2.75, 3.05) is 11.9 Å². The first-order valence-electron chi connectivity index (χ1n) is 12.8. The summed E-state index contributed by atoms with van der Waals surface area (Å²) in [7, 11) is -10.5. The van der Waals surface area contributed by atoms with Gasteiger partial charge in [-0.25, -0.2) is 24.1 Å². The zero-order chi connectivity index (χ0) is 30.2. The summed E-state index contributed by atoms with van der Waals surface area (Å²) in [5.41, 5.74) is 1.91. The maximum Gasteiger partial charge on any atom is 0.481 e. The fourth-order valence-electron chi connectivity index (χ4n) is 4.89. The molecule has 2 saturated heterocycles. The van der Waals surface area contributed by atoms with Crippen molar-refractivity contribution in [1.82, 2.24) is 19.5 Å². The molecule has 1 unspecified atom stereocenters. The van der Waals surface area contributed by atoms with Crippen LogP contribution in [0.4, 0.5) is 5.82 Å². The fourth-order valence-corrected chi connectivity index (χ4v) is 6.48. The minimum atomic E-state index is -5.32. The molecule has 2 aliphatic heterocycles. The van der Waals surface area contributed by atoms with E-state index in [1.54, 1.807) is 34.9 Å². The smallest absolute Gasteiger partial charge is 0.347 e. The van der Waals surface area contributed by atoms with Crippen molar-refractivity contribution in [3.8, 4) is 0 Å². The van der Waals surface area contributed by atoms with E-state index in [1.807, 2.05) is 30.3 Å². The first-order chi connectivity index (χ1) is 20.6. The Morgan fingerprint density at radius 2 is 1.63 bits per heavy atom. The van der Waals surface area contributed by atoms with E-state index in [1.165, 1.54) is 12.7 Å². The fraction of sp³-hybridized carbons (Fsp3) is 0.280.